The van der Waals surface area contributed by atoms with Gasteiger partial charge in [0.05, 0.1) is 16.2 Å². The fraction of sp³-hybridized carbons (Fsp3) is 0.100. The Morgan fingerprint density at radius 3 is 2.16 bits per heavy atom. The van der Waals surface area contributed by atoms with Crippen molar-refractivity contribution in [2.75, 3.05) is 4.90 Å². The van der Waals surface area contributed by atoms with Crippen molar-refractivity contribution in [2.45, 2.75) is 29.8 Å². The number of carbonyl (C=O) groups excluding carboxylic acids is 2. The maximum absolute atomic E-state index is 13.4. The zero-order valence-corrected chi connectivity index (χ0v) is 24.1. The summed E-state index contributed by atoms with van der Waals surface area (Å²) in [5.74, 6) is -1.60. The lowest BCUT2D eigenvalue weighted by atomic mass is 10.1. The van der Waals surface area contributed by atoms with E-state index in [1.54, 1.807) is 18.2 Å². The quantitative estimate of drug-likeness (QED) is 0.0818. The van der Waals surface area contributed by atoms with E-state index in [4.69, 9.17) is 12.2 Å². The molecule has 8 nitrogen and oxygen atoms in total. The molecule has 13 heteroatoms. The number of rotatable bonds is 6. The standard InChI is InChI=1S/C30H21F3N4O4S2/c1-17-14-19(15-26-27(38)34-29(42)36(28(26)39)23-5-3-4-20(16-23)30(31,32)33)18(2)35(17)21-6-10-24(11-7-21)43-25-12-8-22(9-13-25)37(40)41/h3-16H,1-2H3,(H,34,38,42)/b26-15+. The van der Waals surface area contributed by atoms with Crippen molar-refractivity contribution in [2.24, 2.45) is 0 Å². The third-order valence-corrected chi connectivity index (χ3v) is 7.98. The molecule has 43 heavy (non-hydrogen) atoms. The van der Waals surface area contributed by atoms with E-state index in [1.165, 1.54) is 36.0 Å². The number of hydrogen-bond acceptors (Lipinski definition) is 6. The van der Waals surface area contributed by atoms with Crippen LogP contribution in [0.4, 0.5) is 24.5 Å². The van der Waals surface area contributed by atoms with Gasteiger partial charge in [-0.15, -0.1) is 0 Å². The maximum Gasteiger partial charge on any atom is 0.416 e. The fourth-order valence-electron chi connectivity index (χ4n) is 4.64. The van der Waals surface area contributed by atoms with E-state index < -0.39 is 28.5 Å². The van der Waals surface area contributed by atoms with Crippen molar-refractivity contribution in [3.8, 4) is 5.69 Å². The minimum atomic E-state index is -4.63. The second-order valence-electron chi connectivity index (χ2n) is 9.51. The van der Waals surface area contributed by atoms with Crippen molar-refractivity contribution in [1.82, 2.24) is 9.88 Å². The van der Waals surface area contributed by atoms with Crippen LogP contribution in [0.25, 0.3) is 11.8 Å². The van der Waals surface area contributed by atoms with Crippen LogP contribution in [0, 0.1) is 24.0 Å². The van der Waals surface area contributed by atoms with Crippen LogP contribution in [0.3, 0.4) is 0 Å². The number of hydrogen-bond donors (Lipinski definition) is 1. The molecule has 0 spiro atoms. The molecule has 2 amide bonds. The van der Waals surface area contributed by atoms with Gasteiger partial charge in [0.2, 0.25) is 0 Å². The summed E-state index contributed by atoms with van der Waals surface area (Å²) in [5, 5.41) is 13.0. The predicted molar refractivity (Wildman–Crippen MR) is 160 cm³/mol. The van der Waals surface area contributed by atoms with E-state index in [1.807, 2.05) is 42.7 Å². The normalized spacial score (nSPS) is 14.8. The topological polar surface area (TPSA) is 97.5 Å². The van der Waals surface area contributed by atoms with Gasteiger partial charge in [-0.3, -0.25) is 29.9 Å². The Labute approximate surface area is 253 Å². The van der Waals surface area contributed by atoms with E-state index in [2.05, 4.69) is 5.32 Å². The summed E-state index contributed by atoms with van der Waals surface area (Å²) in [6, 6.07) is 19.8. The van der Waals surface area contributed by atoms with Crippen LogP contribution in [-0.2, 0) is 15.8 Å². The molecule has 0 saturated carbocycles. The summed E-state index contributed by atoms with van der Waals surface area (Å²) in [4.78, 5) is 39.3. The van der Waals surface area contributed by atoms with Gasteiger partial charge >= 0.3 is 6.18 Å². The Kier molecular flexibility index (Phi) is 7.95. The van der Waals surface area contributed by atoms with Gasteiger partial charge in [-0.1, -0.05) is 17.8 Å². The van der Waals surface area contributed by atoms with Gasteiger partial charge in [0.1, 0.15) is 5.57 Å². The summed E-state index contributed by atoms with van der Waals surface area (Å²) in [6.07, 6.45) is -3.23. The molecule has 5 rings (SSSR count). The second kappa shape index (κ2) is 11.5. The van der Waals surface area contributed by atoms with Crippen molar-refractivity contribution in [3.63, 3.8) is 0 Å². The Hall–Kier alpha value is -4.75. The molecular formula is C30H21F3N4O4S2. The third kappa shape index (κ3) is 6.08. The summed E-state index contributed by atoms with van der Waals surface area (Å²) in [6.45, 7) is 3.68. The molecule has 218 valence electrons. The molecular weight excluding hydrogens is 601 g/mol. The molecule has 0 bridgehead atoms. The van der Waals surface area contributed by atoms with E-state index in [-0.39, 0.29) is 22.1 Å². The molecule has 0 aliphatic carbocycles. The first-order chi connectivity index (χ1) is 20.3. The van der Waals surface area contributed by atoms with Crippen molar-refractivity contribution < 1.29 is 27.7 Å². The van der Waals surface area contributed by atoms with Gasteiger partial charge in [-0.25, -0.2) is 0 Å². The van der Waals surface area contributed by atoms with Gasteiger partial charge in [0.25, 0.3) is 17.5 Å². The van der Waals surface area contributed by atoms with Crippen LogP contribution in [0.1, 0.15) is 22.5 Å². The first-order valence-corrected chi connectivity index (χ1v) is 13.9. The van der Waals surface area contributed by atoms with Crippen molar-refractivity contribution in [3.05, 3.63) is 117 Å². The Bertz CT molecular complexity index is 1810. The zero-order chi connectivity index (χ0) is 31.1. The highest BCUT2D eigenvalue weighted by atomic mass is 32.2. The van der Waals surface area contributed by atoms with Gasteiger partial charge in [-0.2, -0.15) is 13.2 Å². The lowest BCUT2D eigenvalue weighted by Gasteiger charge is -2.29. The number of nitro benzene ring substituents is 1. The Morgan fingerprint density at radius 2 is 1.56 bits per heavy atom. The predicted octanol–water partition coefficient (Wildman–Crippen LogP) is 7.00. The number of alkyl halides is 3. The second-order valence-corrected chi connectivity index (χ2v) is 11.0. The van der Waals surface area contributed by atoms with Crippen molar-refractivity contribution in [1.29, 1.82) is 0 Å². The first kappa shape index (κ1) is 29.7. The first-order valence-electron chi connectivity index (χ1n) is 12.6. The average Bonchev–Trinajstić information content (AvgIpc) is 3.23. The van der Waals surface area contributed by atoms with Gasteiger partial charge in [0, 0.05) is 39.0 Å². The number of aromatic nitrogens is 1. The number of carbonyl (C=O) groups is 2. The molecule has 1 saturated heterocycles. The van der Waals surface area contributed by atoms with Crippen LogP contribution in [0.2, 0.25) is 0 Å². The monoisotopic (exact) mass is 622 g/mol. The zero-order valence-electron chi connectivity index (χ0n) is 22.5. The van der Waals surface area contributed by atoms with Gasteiger partial charge in [-0.05, 0) is 98.4 Å². The van der Waals surface area contributed by atoms with E-state index >= 15 is 0 Å². The van der Waals surface area contributed by atoms with Crippen LogP contribution in [0.15, 0.2) is 94.2 Å². The molecule has 1 N–H and O–H groups in total. The fourth-order valence-corrected chi connectivity index (χ4v) is 5.73. The number of nitro groups is 1. The number of aryl methyl sites for hydroxylation is 1. The number of non-ortho nitro benzene ring substituents is 1. The molecule has 0 radical (unpaired) electrons. The maximum atomic E-state index is 13.4. The van der Waals surface area contributed by atoms with Gasteiger partial charge < -0.3 is 4.57 Å². The highest BCUT2D eigenvalue weighted by Gasteiger charge is 2.37. The van der Waals surface area contributed by atoms with Crippen molar-refractivity contribution >= 4 is 58.4 Å². The molecule has 3 aromatic carbocycles. The Morgan fingerprint density at radius 1 is 0.930 bits per heavy atom. The lowest BCUT2D eigenvalue weighted by molar-refractivity contribution is -0.384. The summed E-state index contributed by atoms with van der Waals surface area (Å²) >= 11 is 6.58. The van der Waals surface area contributed by atoms with E-state index in [9.17, 15) is 32.9 Å². The molecule has 1 fully saturated rings. The number of amides is 2. The van der Waals surface area contributed by atoms with E-state index in [0.717, 1.165) is 50.0 Å². The van der Waals surface area contributed by atoms with Crippen LogP contribution >= 0.6 is 24.0 Å². The molecule has 2 heterocycles. The number of nitrogens with zero attached hydrogens (tertiary/aromatic N) is 3. The Balaban J connectivity index is 1.42. The highest BCUT2D eigenvalue weighted by molar-refractivity contribution is 7.99. The van der Waals surface area contributed by atoms with Crippen LogP contribution in [-0.4, -0.2) is 26.4 Å². The molecule has 1 aliphatic rings. The van der Waals surface area contributed by atoms with Gasteiger partial charge in [0.15, 0.2) is 5.11 Å². The summed E-state index contributed by atoms with van der Waals surface area (Å²) < 4.78 is 41.8. The molecule has 1 aromatic heterocycles. The number of benzene rings is 3. The summed E-state index contributed by atoms with van der Waals surface area (Å²) in [5.41, 5.74) is 1.59. The number of thiocarbonyl (C=S) groups is 1. The largest absolute Gasteiger partial charge is 0.416 e. The number of nitrogens with one attached hydrogen (secondary N) is 1. The third-order valence-electron chi connectivity index (χ3n) is 6.68. The summed E-state index contributed by atoms with van der Waals surface area (Å²) in [7, 11) is 0. The molecule has 0 unspecified atom stereocenters. The average molecular weight is 623 g/mol. The highest BCUT2D eigenvalue weighted by Crippen LogP contribution is 2.34. The molecule has 0 atom stereocenters. The molecule has 1 aliphatic heterocycles. The lowest BCUT2D eigenvalue weighted by Crippen LogP contribution is -2.54. The SMILES string of the molecule is Cc1cc(/C=C2\C(=O)NC(=S)N(c3cccc(C(F)(F)F)c3)C2=O)c(C)n1-c1ccc(Sc2ccc([N+](=O)[O-])cc2)cc1. The minimum absolute atomic E-state index is 0.0162. The van der Waals surface area contributed by atoms with Crippen LogP contribution < -0.4 is 10.2 Å². The smallest absolute Gasteiger partial charge is 0.318 e. The number of anilines is 1. The van der Waals surface area contributed by atoms with E-state index in [0.29, 0.717) is 5.56 Å². The van der Waals surface area contributed by atoms with Crippen LogP contribution in [0.5, 0.6) is 0 Å². The number of halogens is 3. The molecule has 4 aromatic rings. The minimum Gasteiger partial charge on any atom is -0.318 e.